The lowest BCUT2D eigenvalue weighted by atomic mass is 10.1. The van der Waals surface area contributed by atoms with Gasteiger partial charge in [0, 0.05) is 12.3 Å². The van der Waals surface area contributed by atoms with Gasteiger partial charge in [0.1, 0.15) is 5.69 Å². The SMILES string of the molecule is CC(=O)c1nc(Cl)nc2c(Cl)cccc12. The zero-order valence-corrected chi connectivity index (χ0v) is 9.30. The molecule has 0 unspecified atom stereocenters. The summed E-state index contributed by atoms with van der Waals surface area (Å²) in [6.07, 6.45) is 0. The van der Waals surface area contributed by atoms with E-state index in [0.717, 1.165) is 0 Å². The lowest BCUT2D eigenvalue weighted by Gasteiger charge is -2.03. The Kier molecular flexibility index (Phi) is 2.59. The van der Waals surface area contributed by atoms with Gasteiger partial charge in [-0.25, -0.2) is 9.97 Å². The number of carbonyl (C=O) groups is 1. The number of benzene rings is 1. The van der Waals surface area contributed by atoms with E-state index in [4.69, 9.17) is 23.2 Å². The van der Waals surface area contributed by atoms with Gasteiger partial charge in [-0.1, -0.05) is 23.7 Å². The average molecular weight is 241 g/mol. The number of Topliss-reactive ketones (excluding diaryl/α,β-unsaturated/α-hetero) is 1. The molecule has 0 aliphatic carbocycles. The molecular weight excluding hydrogens is 235 g/mol. The first-order valence-electron chi connectivity index (χ1n) is 4.22. The van der Waals surface area contributed by atoms with Crippen LogP contribution in [-0.2, 0) is 0 Å². The van der Waals surface area contributed by atoms with Gasteiger partial charge in [-0.05, 0) is 17.7 Å². The third-order valence-electron chi connectivity index (χ3n) is 1.98. The standard InChI is InChI=1S/C10H6Cl2N2O/c1-5(15)8-6-3-2-4-7(11)9(6)14-10(12)13-8/h2-4H,1H3. The van der Waals surface area contributed by atoms with Crippen LogP contribution in [-0.4, -0.2) is 15.8 Å². The molecule has 0 radical (unpaired) electrons. The van der Waals surface area contributed by atoms with Crippen LogP contribution in [0.2, 0.25) is 10.3 Å². The van der Waals surface area contributed by atoms with Crippen molar-refractivity contribution >= 4 is 39.9 Å². The minimum absolute atomic E-state index is 0.0285. The maximum absolute atomic E-state index is 11.3. The number of ketones is 1. The van der Waals surface area contributed by atoms with Crippen molar-refractivity contribution in [2.45, 2.75) is 6.92 Å². The molecule has 0 fully saturated rings. The molecule has 1 heterocycles. The van der Waals surface area contributed by atoms with Gasteiger partial charge < -0.3 is 0 Å². The van der Waals surface area contributed by atoms with Crippen LogP contribution in [0.4, 0.5) is 0 Å². The molecule has 0 saturated heterocycles. The van der Waals surface area contributed by atoms with Crippen LogP contribution in [0.3, 0.4) is 0 Å². The number of aromatic nitrogens is 2. The highest BCUT2D eigenvalue weighted by Gasteiger charge is 2.11. The average Bonchev–Trinajstić information content (AvgIpc) is 2.18. The van der Waals surface area contributed by atoms with Gasteiger partial charge in [-0.3, -0.25) is 4.79 Å². The van der Waals surface area contributed by atoms with Gasteiger partial charge in [0.25, 0.3) is 0 Å². The van der Waals surface area contributed by atoms with E-state index in [1.165, 1.54) is 6.92 Å². The first kappa shape index (κ1) is 10.3. The highest BCUT2D eigenvalue weighted by atomic mass is 35.5. The summed E-state index contributed by atoms with van der Waals surface area (Å²) in [6, 6.07) is 5.18. The number of fused-ring (bicyclic) bond motifs is 1. The van der Waals surface area contributed by atoms with Crippen LogP contribution in [0.5, 0.6) is 0 Å². The summed E-state index contributed by atoms with van der Waals surface area (Å²) in [6.45, 7) is 1.43. The van der Waals surface area contributed by atoms with E-state index in [9.17, 15) is 4.79 Å². The molecule has 0 aliphatic rings. The Hall–Kier alpha value is -1.19. The van der Waals surface area contributed by atoms with Gasteiger partial charge in [0.15, 0.2) is 5.78 Å². The summed E-state index contributed by atoms with van der Waals surface area (Å²) in [4.78, 5) is 19.2. The van der Waals surface area contributed by atoms with E-state index in [2.05, 4.69) is 9.97 Å². The fraction of sp³-hybridized carbons (Fsp3) is 0.100. The zero-order chi connectivity index (χ0) is 11.0. The molecule has 0 N–H and O–H groups in total. The molecular formula is C10H6Cl2N2O. The summed E-state index contributed by atoms with van der Waals surface area (Å²) in [7, 11) is 0. The largest absolute Gasteiger partial charge is 0.293 e. The van der Waals surface area contributed by atoms with E-state index in [1.54, 1.807) is 18.2 Å². The van der Waals surface area contributed by atoms with Crippen molar-refractivity contribution in [1.82, 2.24) is 9.97 Å². The van der Waals surface area contributed by atoms with Crippen LogP contribution < -0.4 is 0 Å². The molecule has 0 atom stereocenters. The maximum atomic E-state index is 11.3. The van der Waals surface area contributed by atoms with Gasteiger partial charge in [-0.15, -0.1) is 0 Å². The molecule has 1 aromatic heterocycles. The molecule has 0 bridgehead atoms. The normalized spacial score (nSPS) is 10.6. The molecule has 2 aromatic rings. The third kappa shape index (κ3) is 1.80. The van der Waals surface area contributed by atoms with Crippen molar-refractivity contribution in [2.24, 2.45) is 0 Å². The first-order valence-corrected chi connectivity index (χ1v) is 4.98. The number of carbonyl (C=O) groups excluding carboxylic acids is 1. The van der Waals surface area contributed by atoms with Gasteiger partial charge >= 0.3 is 0 Å². The number of rotatable bonds is 1. The smallest absolute Gasteiger partial charge is 0.223 e. The predicted octanol–water partition coefficient (Wildman–Crippen LogP) is 3.14. The molecule has 15 heavy (non-hydrogen) atoms. The molecule has 76 valence electrons. The topological polar surface area (TPSA) is 42.9 Å². The highest BCUT2D eigenvalue weighted by Crippen LogP contribution is 2.24. The lowest BCUT2D eigenvalue weighted by Crippen LogP contribution is -2.00. The van der Waals surface area contributed by atoms with E-state index in [1.807, 2.05) is 0 Å². The first-order chi connectivity index (χ1) is 7.09. The highest BCUT2D eigenvalue weighted by molar-refractivity contribution is 6.36. The number of halogens is 2. The zero-order valence-electron chi connectivity index (χ0n) is 7.79. The van der Waals surface area contributed by atoms with Crippen molar-refractivity contribution in [3.8, 4) is 0 Å². The Morgan fingerprint density at radius 2 is 2.00 bits per heavy atom. The van der Waals surface area contributed by atoms with Crippen molar-refractivity contribution in [1.29, 1.82) is 0 Å². The molecule has 2 rings (SSSR count). The second-order valence-electron chi connectivity index (χ2n) is 3.03. The molecule has 0 saturated carbocycles. The van der Waals surface area contributed by atoms with E-state index in [0.29, 0.717) is 21.6 Å². The summed E-state index contributed by atoms with van der Waals surface area (Å²) < 4.78 is 0. The van der Waals surface area contributed by atoms with Crippen LogP contribution in [0, 0.1) is 0 Å². The Balaban J connectivity index is 2.92. The van der Waals surface area contributed by atoms with Crippen LogP contribution in [0.15, 0.2) is 18.2 Å². The van der Waals surface area contributed by atoms with E-state index >= 15 is 0 Å². The molecule has 1 aromatic carbocycles. The number of nitrogens with zero attached hydrogens (tertiary/aromatic N) is 2. The van der Waals surface area contributed by atoms with E-state index in [-0.39, 0.29) is 11.1 Å². The molecule has 0 spiro atoms. The number of hydrogen-bond acceptors (Lipinski definition) is 3. The monoisotopic (exact) mass is 240 g/mol. The minimum Gasteiger partial charge on any atom is -0.293 e. The lowest BCUT2D eigenvalue weighted by molar-refractivity contribution is 0.101. The molecule has 5 heteroatoms. The Morgan fingerprint density at radius 1 is 1.27 bits per heavy atom. The summed E-state index contributed by atoms with van der Waals surface area (Å²) in [5, 5.41) is 1.11. The van der Waals surface area contributed by atoms with Gasteiger partial charge in [0.05, 0.1) is 10.5 Å². The Labute approximate surface area is 96.1 Å². The second-order valence-corrected chi connectivity index (χ2v) is 3.78. The fourth-order valence-electron chi connectivity index (χ4n) is 1.36. The quantitative estimate of drug-likeness (QED) is 0.569. The van der Waals surface area contributed by atoms with Crippen LogP contribution in [0.25, 0.3) is 10.9 Å². The van der Waals surface area contributed by atoms with Gasteiger partial charge in [-0.2, -0.15) is 0 Å². The third-order valence-corrected chi connectivity index (χ3v) is 2.46. The minimum atomic E-state index is -0.161. The van der Waals surface area contributed by atoms with Gasteiger partial charge in [0.2, 0.25) is 5.28 Å². The van der Waals surface area contributed by atoms with Crippen molar-refractivity contribution in [2.75, 3.05) is 0 Å². The van der Waals surface area contributed by atoms with E-state index < -0.39 is 0 Å². The maximum Gasteiger partial charge on any atom is 0.223 e. The number of para-hydroxylation sites is 1. The second kappa shape index (κ2) is 3.76. The van der Waals surface area contributed by atoms with Crippen LogP contribution >= 0.6 is 23.2 Å². The Morgan fingerprint density at radius 3 is 2.67 bits per heavy atom. The summed E-state index contributed by atoms with van der Waals surface area (Å²) in [5.74, 6) is -0.161. The predicted molar refractivity (Wildman–Crippen MR) is 59.6 cm³/mol. The van der Waals surface area contributed by atoms with Crippen molar-refractivity contribution in [3.63, 3.8) is 0 Å². The number of hydrogen-bond donors (Lipinski definition) is 0. The summed E-state index contributed by atoms with van der Waals surface area (Å²) >= 11 is 11.7. The van der Waals surface area contributed by atoms with Crippen LogP contribution in [0.1, 0.15) is 17.4 Å². The fourth-order valence-corrected chi connectivity index (χ4v) is 1.74. The summed E-state index contributed by atoms with van der Waals surface area (Å²) in [5.41, 5.74) is 0.803. The van der Waals surface area contributed by atoms with Crippen molar-refractivity contribution in [3.05, 3.63) is 34.2 Å². The molecule has 0 amide bonds. The molecule has 0 aliphatic heterocycles. The van der Waals surface area contributed by atoms with Crippen molar-refractivity contribution < 1.29 is 4.79 Å². The Bertz CT molecular complexity index is 554. The molecule has 3 nitrogen and oxygen atoms in total.